The summed E-state index contributed by atoms with van der Waals surface area (Å²) in [6.07, 6.45) is -0.593. The van der Waals surface area contributed by atoms with E-state index in [4.69, 9.17) is 9.15 Å². The first kappa shape index (κ1) is 16.8. The van der Waals surface area contributed by atoms with Gasteiger partial charge in [0.2, 0.25) is 0 Å². The Bertz CT molecular complexity index is 1230. The molecule has 1 aliphatic rings. The fourth-order valence-corrected chi connectivity index (χ4v) is 3.26. The number of esters is 1. The van der Waals surface area contributed by atoms with Gasteiger partial charge in [-0.3, -0.25) is 19.2 Å². The first-order valence-electron chi connectivity index (χ1n) is 8.15. The number of fused-ring (bicyclic) bond motifs is 5. The lowest BCUT2D eigenvalue weighted by Crippen LogP contribution is -2.42. The summed E-state index contributed by atoms with van der Waals surface area (Å²) in [5.74, 6) is -5.55. The normalized spacial score (nSPS) is 16.3. The number of Topliss-reactive ketones (excluding diaryl/α,β-unsaturated/α-hetero) is 3. The van der Waals surface area contributed by atoms with Gasteiger partial charge in [-0.15, -0.1) is 0 Å². The van der Waals surface area contributed by atoms with Gasteiger partial charge in [-0.1, -0.05) is 30.3 Å². The van der Waals surface area contributed by atoms with Gasteiger partial charge in [0.25, 0.3) is 0 Å². The Kier molecular flexibility index (Phi) is 3.73. The highest BCUT2D eigenvalue weighted by Gasteiger charge is 2.44. The van der Waals surface area contributed by atoms with Gasteiger partial charge in [-0.25, -0.2) is 4.79 Å². The maximum Gasteiger partial charge on any atom is 0.351 e. The zero-order chi connectivity index (χ0) is 19.3. The Morgan fingerprint density at radius 3 is 2.48 bits per heavy atom. The van der Waals surface area contributed by atoms with Crippen LogP contribution in [0.2, 0.25) is 0 Å². The molecule has 0 bridgehead atoms. The molecule has 0 fully saturated rings. The van der Waals surface area contributed by atoms with Crippen LogP contribution in [0, 0.1) is 5.92 Å². The maximum absolute atomic E-state index is 12.7. The molecular weight excluding hydrogens is 352 g/mol. The molecule has 0 amide bonds. The van der Waals surface area contributed by atoms with Crippen molar-refractivity contribution in [2.75, 3.05) is 0 Å². The molecule has 2 heterocycles. The van der Waals surface area contributed by atoms with E-state index in [1.165, 1.54) is 0 Å². The van der Waals surface area contributed by atoms with Crippen molar-refractivity contribution in [3.63, 3.8) is 0 Å². The number of carbonyl (C=O) groups excluding carboxylic acids is 4. The predicted molar refractivity (Wildman–Crippen MR) is 93.8 cm³/mol. The number of carbonyl (C=O) groups is 4. The van der Waals surface area contributed by atoms with Crippen LogP contribution in [0.3, 0.4) is 0 Å². The number of hydrogen-bond donors (Lipinski definition) is 0. The number of ketones is 3. The minimum absolute atomic E-state index is 0.186. The molecule has 0 saturated carbocycles. The van der Waals surface area contributed by atoms with E-state index >= 15 is 0 Å². The number of ether oxygens (including phenoxy) is 1. The van der Waals surface area contributed by atoms with E-state index in [1.807, 2.05) is 12.1 Å². The van der Waals surface area contributed by atoms with Crippen molar-refractivity contribution >= 4 is 45.1 Å². The molecule has 4 rings (SSSR count). The molecule has 7 heteroatoms. The van der Waals surface area contributed by atoms with Crippen LogP contribution in [-0.2, 0) is 14.4 Å². The van der Waals surface area contributed by atoms with E-state index in [9.17, 15) is 24.0 Å². The molecule has 0 saturated heterocycles. The van der Waals surface area contributed by atoms with Crippen molar-refractivity contribution in [1.29, 1.82) is 0 Å². The second kappa shape index (κ2) is 5.98. The summed E-state index contributed by atoms with van der Waals surface area (Å²) in [5.41, 5.74) is -1.29. The third kappa shape index (κ3) is 2.55. The topological polar surface area (TPSA) is 108 Å². The van der Waals surface area contributed by atoms with Gasteiger partial charge in [0.15, 0.2) is 23.2 Å². The van der Waals surface area contributed by atoms with E-state index < -0.39 is 46.8 Å². The van der Waals surface area contributed by atoms with E-state index in [0.717, 1.165) is 12.3 Å². The molecule has 3 aromatic rings. The van der Waals surface area contributed by atoms with Crippen molar-refractivity contribution < 1.29 is 28.3 Å². The first-order chi connectivity index (χ1) is 12.9. The SMILES string of the molecule is CC(=O)CC(=O)C1C(=O)Oc2c(c(=O)oc3c2ccc2ccccc23)C1=O. The smallest absolute Gasteiger partial charge is 0.351 e. The Labute approximate surface area is 151 Å². The van der Waals surface area contributed by atoms with Crippen molar-refractivity contribution in [2.24, 2.45) is 5.92 Å². The van der Waals surface area contributed by atoms with E-state index in [1.54, 1.807) is 24.3 Å². The second-order valence-electron chi connectivity index (χ2n) is 6.32. The Morgan fingerprint density at radius 1 is 1.00 bits per heavy atom. The second-order valence-corrected chi connectivity index (χ2v) is 6.32. The Hall–Kier alpha value is -3.61. The molecule has 0 spiro atoms. The van der Waals surface area contributed by atoms with Crippen molar-refractivity contribution in [3.8, 4) is 5.75 Å². The average molecular weight is 364 g/mol. The van der Waals surface area contributed by atoms with Crippen LogP contribution >= 0.6 is 0 Å². The highest BCUT2D eigenvalue weighted by Crippen LogP contribution is 2.36. The highest BCUT2D eigenvalue weighted by molar-refractivity contribution is 6.28. The summed E-state index contributed by atoms with van der Waals surface area (Å²) in [4.78, 5) is 60.7. The third-order valence-electron chi connectivity index (χ3n) is 4.44. The molecule has 0 aliphatic carbocycles. The van der Waals surface area contributed by atoms with Gasteiger partial charge < -0.3 is 9.15 Å². The summed E-state index contributed by atoms with van der Waals surface area (Å²) in [7, 11) is 0. The summed E-state index contributed by atoms with van der Waals surface area (Å²) in [6, 6.07) is 10.5. The van der Waals surface area contributed by atoms with Crippen LogP contribution < -0.4 is 10.4 Å². The summed E-state index contributed by atoms with van der Waals surface area (Å²) in [6.45, 7) is 1.16. The molecule has 7 nitrogen and oxygen atoms in total. The van der Waals surface area contributed by atoms with Crippen molar-refractivity contribution in [3.05, 3.63) is 52.4 Å². The molecule has 1 aromatic heterocycles. The fourth-order valence-electron chi connectivity index (χ4n) is 3.26. The third-order valence-corrected chi connectivity index (χ3v) is 4.44. The minimum atomic E-state index is -1.83. The van der Waals surface area contributed by atoms with Crippen LogP contribution in [0.5, 0.6) is 5.75 Å². The van der Waals surface area contributed by atoms with Crippen LogP contribution in [0.1, 0.15) is 23.7 Å². The van der Waals surface area contributed by atoms with Gasteiger partial charge in [0, 0.05) is 5.39 Å². The molecule has 0 N–H and O–H groups in total. The monoisotopic (exact) mass is 364 g/mol. The van der Waals surface area contributed by atoms with Crippen molar-refractivity contribution in [1.82, 2.24) is 0 Å². The Morgan fingerprint density at radius 2 is 1.74 bits per heavy atom. The van der Waals surface area contributed by atoms with Crippen LogP contribution in [0.25, 0.3) is 21.7 Å². The molecule has 1 atom stereocenters. The molecule has 1 unspecified atom stereocenters. The lowest BCUT2D eigenvalue weighted by Gasteiger charge is -2.21. The molecule has 0 radical (unpaired) electrons. The van der Waals surface area contributed by atoms with E-state index in [2.05, 4.69) is 0 Å². The van der Waals surface area contributed by atoms with Gasteiger partial charge in [-0.2, -0.15) is 0 Å². The van der Waals surface area contributed by atoms with Crippen molar-refractivity contribution in [2.45, 2.75) is 13.3 Å². The quantitative estimate of drug-likeness (QED) is 0.303. The van der Waals surface area contributed by atoms with Gasteiger partial charge in [-0.05, 0) is 18.4 Å². The lowest BCUT2D eigenvalue weighted by molar-refractivity contribution is -0.142. The molecule has 134 valence electrons. The maximum atomic E-state index is 12.7. The van der Waals surface area contributed by atoms with E-state index in [0.29, 0.717) is 5.39 Å². The molecule has 2 aromatic carbocycles. The van der Waals surface area contributed by atoms with Crippen LogP contribution in [0.15, 0.2) is 45.6 Å². The number of rotatable bonds is 3. The first-order valence-corrected chi connectivity index (χ1v) is 8.15. The van der Waals surface area contributed by atoms with Gasteiger partial charge in [0.05, 0.1) is 11.8 Å². The largest absolute Gasteiger partial charge is 0.424 e. The summed E-state index contributed by atoms with van der Waals surface area (Å²) >= 11 is 0. The Balaban J connectivity index is 1.96. The zero-order valence-electron chi connectivity index (χ0n) is 14.1. The van der Waals surface area contributed by atoms with Gasteiger partial charge in [0.1, 0.15) is 16.9 Å². The van der Waals surface area contributed by atoms with Crippen LogP contribution in [-0.4, -0.2) is 23.3 Å². The highest BCUT2D eigenvalue weighted by atomic mass is 16.5. The average Bonchev–Trinajstić information content (AvgIpc) is 2.60. The predicted octanol–water partition coefficient (Wildman–Crippen LogP) is 2.21. The number of benzene rings is 2. The fraction of sp³-hybridized carbons (Fsp3) is 0.150. The number of hydrogen-bond acceptors (Lipinski definition) is 7. The standard InChI is InChI=1S/C20H12O7/c1-9(21)8-13(22)14-16(23)15-18(27-19(14)24)12-7-6-10-4-2-3-5-11(10)17(12)26-20(15)25/h2-7,14H,8H2,1H3. The summed E-state index contributed by atoms with van der Waals surface area (Å²) < 4.78 is 10.6. The minimum Gasteiger partial charge on any atom is -0.424 e. The van der Waals surface area contributed by atoms with Crippen LogP contribution in [0.4, 0.5) is 0 Å². The zero-order valence-corrected chi connectivity index (χ0v) is 14.1. The van der Waals surface area contributed by atoms with E-state index in [-0.39, 0.29) is 16.7 Å². The summed E-state index contributed by atoms with van der Waals surface area (Å²) in [5, 5.41) is 1.70. The molecule has 27 heavy (non-hydrogen) atoms. The molecule has 1 aliphatic heterocycles. The lowest BCUT2D eigenvalue weighted by atomic mass is 9.89. The molecular formula is C20H12O7. The van der Waals surface area contributed by atoms with Gasteiger partial charge >= 0.3 is 11.6 Å².